The number of hydrogen-bond donors (Lipinski definition) is 0. The molecule has 0 aliphatic carbocycles. The monoisotopic (exact) mass is 190 g/mol. The SMILES string of the molecule is C=C(C)C(=O)OCC(=O)OC(C)F. The lowest BCUT2D eigenvalue weighted by Gasteiger charge is -2.05. The van der Waals surface area contributed by atoms with Crippen LogP contribution in [0.5, 0.6) is 0 Å². The molecule has 0 saturated heterocycles. The number of carbonyl (C=O) groups is 2. The molecule has 5 heteroatoms. The van der Waals surface area contributed by atoms with Gasteiger partial charge in [-0.2, -0.15) is 0 Å². The Balaban J connectivity index is 3.71. The van der Waals surface area contributed by atoms with Crippen molar-refractivity contribution in [3.05, 3.63) is 12.2 Å². The molecule has 4 nitrogen and oxygen atoms in total. The predicted octanol–water partition coefficient (Wildman–Crippen LogP) is 0.964. The molecular weight excluding hydrogens is 179 g/mol. The van der Waals surface area contributed by atoms with E-state index >= 15 is 0 Å². The first-order valence-corrected chi connectivity index (χ1v) is 3.59. The summed E-state index contributed by atoms with van der Waals surface area (Å²) in [5.74, 6) is -1.63. The van der Waals surface area contributed by atoms with Gasteiger partial charge in [-0.1, -0.05) is 6.58 Å². The second-order valence-electron chi connectivity index (χ2n) is 2.39. The van der Waals surface area contributed by atoms with Crippen molar-refractivity contribution in [2.75, 3.05) is 6.61 Å². The van der Waals surface area contributed by atoms with Crippen LogP contribution in [-0.2, 0) is 19.1 Å². The van der Waals surface area contributed by atoms with Crippen LogP contribution in [-0.4, -0.2) is 24.9 Å². The Hall–Kier alpha value is -1.39. The fourth-order valence-electron chi connectivity index (χ4n) is 0.463. The summed E-state index contributed by atoms with van der Waals surface area (Å²) in [5, 5.41) is 0. The van der Waals surface area contributed by atoms with Gasteiger partial charge in [0.25, 0.3) is 0 Å². The summed E-state index contributed by atoms with van der Waals surface area (Å²) in [5.41, 5.74) is 0.168. The van der Waals surface area contributed by atoms with Crippen molar-refractivity contribution >= 4 is 11.9 Å². The first-order chi connectivity index (χ1) is 5.93. The number of carbonyl (C=O) groups excluding carboxylic acids is 2. The van der Waals surface area contributed by atoms with Crippen LogP contribution in [0.3, 0.4) is 0 Å². The largest absolute Gasteiger partial charge is 0.450 e. The highest BCUT2D eigenvalue weighted by Crippen LogP contribution is 1.95. The number of halogens is 1. The minimum absolute atomic E-state index is 0.168. The van der Waals surface area contributed by atoms with Gasteiger partial charge in [-0.3, -0.25) is 0 Å². The average Bonchev–Trinajstić information content (AvgIpc) is 1.98. The van der Waals surface area contributed by atoms with Crippen LogP contribution in [0.25, 0.3) is 0 Å². The van der Waals surface area contributed by atoms with Crippen LogP contribution in [0.1, 0.15) is 13.8 Å². The van der Waals surface area contributed by atoms with Gasteiger partial charge in [0, 0.05) is 12.5 Å². The number of esters is 2. The quantitative estimate of drug-likeness (QED) is 0.489. The molecule has 0 rings (SSSR count). The molecule has 0 aliphatic rings. The zero-order chi connectivity index (χ0) is 10.4. The van der Waals surface area contributed by atoms with E-state index in [2.05, 4.69) is 16.1 Å². The zero-order valence-electron chi connectivity index (χ0n) is 7.50. The standard InChI is InChI=1S/C8H11FO4/c1-5(2)8(11)12-4-7(10)13-6(3)9/h6H,1,4H2,2-3H3. The average molecular weight is 190 g/mol. The van der Waals surface area contributed by atoms with Gasteiger partial charge in [-0.05, 0) is 6.92 Å². The topological polar surface area (TPSA) is 52.6 Å². The van der Waals surface area contributed by atoms with Crippen molar-refractivity contribution in [3.8, 4) is 0 Å². The van der Waals surface area contributed by atoms with Crippen molar-refractivity contribution in [1.29, 1.82) is 0 Å². The summed E-state index contributed by atoms with van der Waals surface area (Å²) in [6.07, 6.45) is -1.70. The molecule has 0 spiro atoms. The molecule has 0 N–H and O–H groups in total. The molecule has 0 fully saturated rings. The molecule has 0 bridgehead atoms. The summed E-state index contributed by atoms with van der Waals surface area (Å²) in [4.78, 5) is 21.3. The Kier molecular flexibility index (Phi) is 4.72. The van der Waals surface area contributed by atoms with Gasteiger partial charge in [-0.15, -0.1) is 0 Å². The molecule has 0 aromatic rings. The van der Waals surface area contributed by atoms with Gasteiger partial charge in [0.1, 0.15) is 0 Å². The van der Waals surface area contributed by atoms with Crippen molar-refractivity contribution in [1.82, 2.24) is 0 Å². The van der Waals surface area contributed by atoms with E-state index < -0.39 is 24.9 Å². The highest BCUT2D eigenvalue weighted by Gasteiger charge is 2.11. The van der Waals surface area contributed by atoms with Crippen LogP contribution in [0.4, 0.5) is 4.39 Å². The number of hydrogen-bond acceptors (Lipinski definition) is 4. The number of rotatable bonds is 4. The molecule has 0 saturated carbocycles. The molecule has 0 amide bonds. The van der Waals surface area contributed by atoms with E-state index in [-0.39, 0.29) is 5.57 Å². The van der Waals surface area contributed by atoms with E-state index in [1.807, 2.05) is 0 Å². The molecular formula is C8H11FO4. The van der Waals surface area contributed by atoms with Crippen molar-refractivity contribution in [2.45, 2.75) is 20.2 Å². The maximum absolute atomic E-state index is 12.0. The minimum atomic E-state index is -1.70. The van der Waals surface area contributed by atoms with E-state index in [0.717, 1.165) is 6.92 Å². The molecule has 13 heavy (non-hydrogen) atoms. The zero-order valence-corrected chi connectivity index (χ0v) is 7.50. The first-order valence-electron chi connectivity index (χ1n) is 3.59. The summed E-state index contributed by atoms with van der Waals surface area (Å²) < 4.78 is 20.5. The molecule has 0 heterocycles. The number of alkyl halides is 1. The first kappa shape index (κ1) is 11.6. The predicted molar refractivity (Wildman–Crippen MR) is 42.4 cm³/mol. The smallest absolute Gasteiger partial charge is 0.346 e. The highest BCUT2D eigenvalue weighted by molar-refractivity contribution is 5.88. The maximum atomic E-state index is 12.0. The van der Waals surface area contributed by atoms with Crippen molar-refractivity contribution in [3.63, 3.8) is 0 Å². The third-order valence-corrected chi connectivity index (χ3v) is 0.963. The van der Waals surface area contributed by atoms with Crippen LogP contribution < -0.4 is 0 Å². The van der Waals surface area contributed by atoms with E-state index in [1.165, 1.54) is 6.92 Å². The molecule has 0 aliphatic heterocycles. The fourth-order valence-corrected chi connectivity index (χ4v) is 0.463. The Morgan fingerprint density at radius 3 is 2.46 bits per heavy atom. The molecule has 1 atom stereocenters. The van der Waals surface area contributed by atoms with E-state index in [4.69, 9.17) is 0 Å². The molecule has 74 valence electrons. The Morgan fingerprint density at radius 1 is 1.54 bits per heavy atom. The second-order valence-corrected chi connectivity index (χ2v) is 2.39. The van der Waals surface area contributed by atoms with Crippen LogP contribution in [0.2, 0.25) is 0 Å². The van der Waals surface area contributed by atoms with Gasteiger partial charge < -0.3 is 9.47 Å². The van der Waals surface area contributed by atoms with Gasteiger partial charge in [0.15, 0.2) is 6.61 Å². The van der Waals surface area contributed by atoms with E-state index in [0.29, 0.717) is 0 Å². The second kappa shape index (κ2) is 5.29. The molecule has 1 unspecified atom stereocenters. The van der Waals surface area contributed by atoms with Gasteiger partial charge in [-0.25, -0.2) is 14.0 Å². The normalized spacial score (nSPS) is 11.6. The van der Waals surface area contributed by atoms with Crippen molar-refractivity contribution in [2.24, 2.45) is 0 Å². The number of ether oxygens (including phenoxy) is 2. The van der Waals surface area contributed by atoms with E-state index in [1.54, 1.807) is 0 Å². The maximum Gasteiger partial charge on any atom is 0.346 e. The lowest BCUT2D eigenvalue weighted by molar-refractivity contribution is -0.165. The van der Waals surface area contributed by atoms with Crippen LogP contribution >= 0.6 is 0 Å². The summed E-state index contributed by atoms with van der Waals surface area (Å²) in [7, 11) is 0. The Bertz CT molecular complexity index is 222. The third kappa shape index (κ3) is 5.84. The molecule has 0 radical (unpaired) electrons. The van der Waals surface area contributed by atoms with Gasteiger partial charge >= 0.3 is 11.9 Å². The summed E-state index contributed by atoms with van der Waals surface area (Å²) in [6, 6.07) is 0. The Morgan fingerprint density at radius 2 is 2.08 bits per heavy atom. The lowest BCUT2D eigenvalue weighted by atomic mass is 10.4. The van der Waals surface area contributed by atoms with E-state index in [9.17, 15) is 14.0 Å². The summed E-state index contributed by atoms with van der Waals surface area (Å²) in [6.45, 7) is 5.19. The fraction of sp³-hybridized carbons (Fsp3) is 0.500. The molecule has 0 aromatic heterocycles. The van der Waals surface area contributed by atoms with Crippen molar-refractivity contribution < 1.29 is 23.5 Å². The Labute approximate surface area is 75.3 Å². The van der Waals surface area contributed by atoms with Gasteiger partial charge in [0.05, 0.1) is 0 Å². The lowest BCUT2D eigenvalue weighted by Crippen LogP contribution is -2.19. The summed E-state index contributed by atoms with van der Waals surface area (Å²) >= 11 is 0. The minimum Gasteiger partial charge on any atom is -0.450 e. The van der Waals surface area contributed by atoms with Gasteiger partial charge in [0.2, 0.25) is 6.36 Å². The van der Waals surface area contributed by atoms with Crippen LogP contribution in [0, 0.1) is 0 Å². The van der Waals surface area contributed by atoms with Crippen LogP contribution in [0.15, 0.2) is 12.2 Å². The highest BCUT2D eigenvalue weighted by atomic mass is 19.1. The molecule has 0 aromatic carbocycles. The third-order valence-electron chi connectivity index (χ3n) is 0.963.